The average Bonchev–Trinajstić information content (AvgIpc) is 2.53. The summed E-state index contributed by atoms with van der Waals surface area (Å²) in [4.78, 5) is 4.72. The Labute approximate surface area is 121 Å². The fraction of sp³-hybridized carbons (Fsp3) is 0.562. The number of benzene rings is 1. The largest absolute Gasteiger partial charge is 0.497 e. The molecule has 1 atom stereocenters. The van der Waals surface area contributed by atoms with E-state index in [4.69, 9.17) is 10.00 Å². The molecule has 0 spiro atoms. The fourth-order valence-corrected chi connectivity index (χ4v) is 2.57. The van der Waals surface area contributed by atoms with Crippen LogP contribution in [-0.2, 0) is 6.42 Å². The van der Waals surface area contributed by atoms with Crippen molar-refractivity contribution in [2.24, 2.45) is 0 Å². The second-order valence-electron chi connectivity index (χ2n) is 5.28. The summed E-state index contributed by atoms with van der Waals surface area (Å²) < 4.78 is 5.25. The highest BCUT2D eigenvalue weighted by atomic mass is 16.5. The van der Waals surface area contributed by atoms with E-state index in [9.17, 15) is 0 Å². The lowest BCUT2D eigenvalue weighted by atomic mass is 10.1. The minimum atomic E-state index is 0.0375. The van der Waals surface area contributed by atoms with E-state index in [2.05, 4.69) is 28.0 Å². The van der Waals surface area contributed by atoms with Crippen LogP contribution in [0.15, 0.2) is 24.3 Å². The molecule has 0 amide bonds. The molecule has 0 aliphatic carbocycles. The molecule has 1 aliphatic heterocycles. The van der Waals surface area contributed by atoms with Crippen molar-refractivity contribution in [2.75, 3.05) is 39.8 Å². The molecule has 4 nitrogen and oxygen atoms in total. The van der Waals surface area contributed by atoms with Gasteiger partial charge >= 0.3 is 0 Å². The van der Waals surface area contributed by atoms with Gasteiger partial charge in [-0.05, 0) is 31.0 Å². The van der Waals surface area contributed by atoms with Crippen molar-refractivity contribution in [2.45, 2.75) is 19.4 Å². The van der Waals surface area contributed by atoms with Gasteiger partial charge < -0.3 is 9.64 Å². The second-order valence-corrected chi connectivity index (χ2v) is 5.28. The Morgan fingerprint density at radius 3 is 2.70 bits per heavy atom. The van der Waals surface area contributed by atoms with E-state index in [1.54, 1.807) is 7.11 Å². The summed E-state index contributed by atoms with van der Waals surface area (Å²) in [5, 5.41) is 8.94. The van der Waals surface area contributed by atoms with Crippen LogP contribution in [0.4, 0.5) is 0 Å². The van der Waals surface area contributed by atoms with Gasteiger partial charge in [0, 0.05) is 32.7 Å². The van der Waals surface area contributed by atoms with Gasteiger partial charge in [0.15, 0.2) is 0 Å². The molecule has 4 heteroatoms. The zero-order valence-corrected chi connectivity index (χ0v) is 12.4. The van der Waals surface area contributed by atoms with Crippen LogP contribution in [0, 0.1) is 11.3 Å². The molecule has 0 saturated carbocycles. The fourth-order valence-electron chi connectivity index (χ4n) is 2.57. The van der Waals surface area contributed by atoms with E-state index in [1.807, 2.05) is 19.1 Å². The zero-order chi connectivity index (χ0) is 14.4. The minimum Gasteiger partial charge on any atom is -0.497 e. The lowest BCUT2D eigenvalue weighted by Crippen LogP contribution is -2.49. The van der Waals surface area contributed by atoms with Crippen molar-refractivity contribution in [3.8, 4) is 11.8 Å². The molecule has 1 saturated heterocycles. The molecule has 1 aromatic rings. The first kappa shape index (κ1) is 14.8. The molecule has 1 unspecified atom stereocenters. The summed E-state index contributed by atoms with van der Waals surface area (Å²) in [7, 11) is 1.70. The summed E-state index contributed by atoms with van der Waals surface area (Å²) in [6.45, 7) is 7.14. The maximum Gasteiger partial charge on any atom is 0.119 e. The van der Waals surface area contributed by atoms with Gasteiger partial charge in [-0.15, -0.1) is 0 Å². The van der Waals surface area contributed by atoms with Crippen LogP contribution >= 0.6 is 0 Å². The van der Waals surface area contributed by atoms with Crippen molar-refractivity contribution in [1.29, 1.82) is 5.26 Å². The molecule has 1 aromatic carbocycles. The zero-order valence-electron chi connectivity index (χ0n) is 12.4. The molecule has 1 aliphatic rings. The standard InChI is InChI=1S/C16H23N3O/c1-14(13-17)19-10-8-18(9-11-19)7-6-15-4-3-5-16(12-15)20-2/h3-5,12,14H,6-11H2,1-2H3. The van der Waals surface area contributed by atoms with Crippen molar-refractivity contribution < 1.29 is 4.74 Å². The third-order valence-electron chi connectivity index (χ3n) is 3.99. The Morgan fingerprint density at radius 1 is 1.30 bits per heavy atom. The first-order valence-electron chi connectivity index (χ1n) is 7.22. The van der Waals surface area contributed by atoms with Gasteiger partial charge in [-0.1, -0.05) is 12.1 Å². The van der Waals surface area contributed by atoms with Gasteiger partial charge in [0.05, 0.1) is 19.2 Å². The minimum absolute atomic E-state index is 0.0375. The molecular weight excluding hydrogens is 250 g/mol. The van der Waals surface area contributed by atoms with Crippen LogP contribution in [0.1, 0.15) is 12.5 Å². The van der Waals surface area contributed by atoms with Gasteiger partial charge in [0.1, 0.15) is 5.75 Å². The van der Waals surface area contributed by atoms with Crippen molar-refractivity contribution in [3.05, 3.63) is 29.8 Å². The number of hydrogen-bond donors (Lipinski definition) is 0. The lowest BCUT2D eigenvalue weighted by Gasteiger charge is -2.35. The molecule has 0 N–H and O–H groups in total. The maximum atomic E-state index is 8.94. The molecule has 1 fully saturated rings. The van der Waals surface area contributed by atoms with E-state index >= 15 is 0 Å². The highest BCUT2D eigenvalue weighted by molar-refractivity contribution is 5.28. The van der Waals surface area contributed by atoms with Crippen molar-refractivity contribution in [1.82, 2.24) is 9.80 Å². The molecule has 20 heavy (non-hydrogen) atoms. The Kier molecular flexibility index (Phi) is 5.40. The van der Waals surface area contributed by atoms with Crippen LogP contribution in [0.2, 0.25) is 0 Å². The van der Waals surface area contributed by atoms with E-state index in [-0.39, 0.29) is 6.04 Å². The Morgan fingerprint density at radius 2 is 2.05 bits per heavy atom. The SMILES string of the molecule is COc1cccc(CCN2CCN(C(C)C#N)CC2)c1. The van der Waals surface area contributed by atoms with Crippen LogP contribution in [-0.4, -0.2) is 55.7 Å². The predicted octanol–water partition coefficient (Wildman–Crippen LogP) is 1.77. The van der Waals surface area contributed by atoms with Crippen LogP contribution in [0.3, 0.4) is 0 Å². The first-order chi connectivity index (χ1) is 9.72. The van der Waals surface area contributed by atoms with Gasteiger partial charge in [0.2, 0.25) is 0 Å². The third kappa shape index (κ3) is 3.96. The first-order valence-corrected chi connectivity index (χ1v) is 7.22. The van der Waals surface area contributed by atoms with Gasteiger partial charge in [-0.2, -0.15) is 5.26 Å². The highest BCUT2D eigenvalue weighted by Gasteiger charge is 2.20. The Hall–Kier alpha value is -1.57. The summed E-state index contributed by atoms with van der Waals surface area (Å²) >= 11 is 0. The maximum absolute atomic E-state index is 8.94. The number of nitriles is 1. The van der Waals surface area contributed by atoms with E-state index < -0.39 is 0 Å². The molecule has 2 rings (SSSR count). The quantitative estimate of drug-likeness (QED) is 0.819. The number of rotatable bonds is 5. The highest BCUT2D eigenvalue weighted by Crippen LogP contribution is 2.14. The summed E-state index contributed by atoms with van der Waals surface area (Å²) in [6.07, 6.45) is 1.05. The van der Waals surface area contributed by atoms with Crippen molar-refractivity contribution in [3.63, 3.8) is 0 Å². The summed E-state index contributed by atoms with van der Waals surface area (Å²) in [5.74, 6) is 0.926. The van der Waals surface area contributed by atoms with Crippen LogP contribution in [0.25, 0.3) is 0 Å². The summed E-state index contributed by atoms with van der Waals surface area (Å²) in [5.41, 5.74) is 1.32. The van der Waals surface area contributed by atoms with Gasteiger partial charge in [0.25, 0.3) is 0 Å². The smallest absolute Gasteiger partial charge is 0.119 e. The molecule has 0 bridgehead atoms. The topological polar surface area (TPSA) is 39.5 Å². The van der Waals surface area contributed by atoms with E-state index in [1.165, 1.54) is 5.56 Å². The number of methoxy groups -OCH3 is 1. The molecule has 0 aromatic heterocycles. The Balaban J connectivity index is 1.77. The van der Waals surface area contributed by atoms with Crippen LogP contribution in [0.5, 0.6) is 5.75 Å². The van der Waals surface area contributed by atoms with Gasteiger partial charge in [-0.25, -0.2) is 0 Å². The van der Waals surface area contributed by atoms with E-state index in [0.29, 0.717) is 0 Å². The lowest BCUT2D eigenvalue weighted by molar-refractivity contribution is 0.120. The summed E-state index contributed by atoms with van der Waals surface area (Å²) in [6, 6.07) is 10.6. The number of piperazine rings is 1. The van der Waals surface area contributed by atoms with Crippen LogP contribution < -0.4 is 4.74 Å². The van der Waals surface area contributed by atoms with Gasteiger partial charge in [-0.3, -0.25) is 4.90 Å². The molecular formula is C16H23N3O. The number of nitrogens with zero attached hydrogens (tertiary/aromatic N) is 3. The van der Waals surface area contributed by atoms with Crippen molar-refractivity contribution >= 4 is 0 Å². The number of hydrogen-bond acceptors (Lipinski definition) is 4. The average molecular weight is 273 g/mol. The normalized spacial score (nSPS) is 18.4. The number of ether oxygens (including phenoxy) is 1. The molecule has 108 valence electrons. The Bertz CT molecular complexity index is 461. The van der Waals surface area contributed by atoms with E-state index in [0.717, 1.165) is 44.9 Å². The molecule has 1 heterocycles. The predicted molar refractivity (Wildman–Crippen MR) is 79.8 cm³/mol. The molecule has 0 radical (unpaired) electrons. The second kappa shape index (κ2) is 7.28. The monoisotopic (exact) mass is 273 g/mol. The third-order valence-corrected chi connectivity index (χ3v) is 3.99.